The number of nitriles is 1. The van der Waals surface area contributed by atoms with Crippen LogP contribution in [0.1, 0.15) is 12.5 Å². The molecule has 0 aromatic heterocycles. The lowest BCUT2D eigenvalue weighted by Crippen LogP contribution is -2.54. The fraction of sp³-hybridized carbons (Fsp3) is 0.333. The fourth-order valence-corrected chi connectivity index (χ4v) is 2.09. The summed E-state index contributed by atoms with van der Waals surface area (Å²) < 4.78 is 0. The molecule has 1 aliphatic heterocycles. The van der Waals surface area contributed by atoms with Gasteiger partial charge in [0.25, 0.3) is 5.69 Å². The topological polar surface area (TPSA) is 99.3 Å². The number of nitro benzene ring substituents is 1. The number of hydrogen-bond donors (Lipinski definition) is 1. The second-order valence-corrected chi connectivity index (χ2v) is 4.23. The number of nitrogens with zero attached hydrogens (tertiary/aromatic N) is 3. The Morgan fingerprint density at radius 3 is 2.95 bits per heavy atom. The van der Waals surface area contributed by atoms with Crippen LogP contribution in [-0.4, -0.2) is 30.0 Å². The summed E-state index contributed by atoms with van der Waals surface area (Å²) in [5.74, 6) is -0.117. The van der Waals surface area contributed by atoms with E-state index in [0.717, 1.165) is 0 Å². The molecule has 0 saturated carbocycles. The van der Waals surface area contributed by atoms with Gasteiger partial charge in [0.2, 0.25) is 5.91 Å². The molecule has 1 saturated heterocycles. The zero-order chi connectivity index (χ0) is 14.0. The minimum Gasteiger partial charge on any atom is -0.357 e. The molecule has 7 nitrogen and oxygen atoms in total. The molecule has 19 heavy (non-hydrogen) atoms. The number of carbonyl (C=O) groups excluding carboxylic acids is 1. The third-order valence-electron chi connectivity index (χ3n) is 3.12. The maximum atomic E-state index is 11.6. The van der Waals surface area contributed by atoms with Crippen LogP contribution in [0, 0.1) is 21.4 Å². The summed E-state index contributed by atoms with van der Waals surface area (Å²) in [4.78, 5) is 23.5. The lowest BCUT2D eigenvalue weighted by molar-refractivity contribution is -0.384. The van der Waals surface area contributed by atoms with Crippen LogP contribution < -0.4 is 10.2 Å². The van der Waals surface area contributed by atoms with Gasteiger partial charge in [0.05, 0.1) is 16.2 Å². The van der Waals surface area contributed by atoms with Crippen molar-refractivity contribution in [1.29, 1.82) is 5.26 Å². The van der Waals surface area contributed by atoms with Gasteiger partial charge in [-0.25, -0.2) is 0 Å². The molecule has 1 aliphatic rings. The van der Waals surface area contributed by atoms with Gasteiger partial charge in [0.15, 0.2) is 0 Å². The first-order valence-electron chi connectivity index (χ1n) is 5.77. The molecule has 1 heterocycles. The van der Waals surface area contributed by atoms with E-state index in [2.05, 4.69) is 5.32 Å². The van der Waals surface area contributed by atoms with Gasteiger partial charge in [-0.05, 0) is 13.0 Å². The van der Waals surface area contributed by atoms with Crippen molar-refractivity contribution in [1.82, 2.24) is 5.32 Å². The van der Waals surface area contributed by atoms with Gasteiger partial charge in [0, 0.05) is 25.2 Å². The second kappa shape index (κ2) is 4.94. The highest BCUT2D eigenvalue weighted by atomic mass is 16.6. The molecule has 0 spiro atoms. The monoisotopic (exact) mass is 260 g/mol. The van der Waals surface area contributed by atoms with Crippen LogP contribution in [-0.2, 0) is 4.79 Å². The van der Waals surface area contributed by atoms with Gasteiger partial charge < -0.3 is 10.2 Å². The number of rotatable bonds is 2. The van der Waals surface area contributed by atoms with E-state index in [0.29, 0.717) is 18.8 Å². The molecule has 1 unspecified atom stereocenters. The van der Waals surface area contributed by atoms with E-state index in [1.165, 1.54) is 18.2 Å². The first-order valence-corrected chi connectivity index (χ1v) is 5.77. The van der Waals surface area contributed by atoms with Gasteiger partial charge in [0.1, 0.15) is 12.1 Å². The zero-order valence-electron chi connectivity index (χ0n) is 10.3. The molecule has 0 bridgehead atoms. The van der Waals surface area contributed by atoms with Crippen LogP contribution in [0.25, 0.3) is 0 Å². The summed E-state index contributed by atoms with van der Waals surface area (Å²) in [6, 6.07) is 5.64. The summed E-state index contributed by atoms with van der Waals surface area (Å²) in [5.41, 5.74) is 0.626. The molecule has 1 aromatic rings. The lowest BCUT2D eigenvalue weighted by Gasteiger charge is -2.35. The predicted molar refractivity (Wildman–Crippen MR) is 67.6 cm³/mol. The Morgan fingerprint density at radius 2 is 2.32 bits per heavy atom. The van der Waals surface area contributed by atoms with Gasteiger partial charge in [-0.15, -0.1) is 0 Å². The standard InChI is InChI=1S/C12H12N4O3/c1-8-12(17)14-4-5-15(8)11-3-2-10(16(18)19)6-9(11)7-13/h2-3,6,8H,4-5H2,1H3,(H,14,17). The smallest absolute Gasteiger partial charge is 0.270 e. The molecular formula is C12H12N4O3. The summed E-state index contributed by atoms with van der Waals surface area (Å²) in [6.07, 6.45) is 0. The van der Waals surface area contributed by atoms with E-state index in [1.54, 1.807) is 11.8 Å². The summed E-state index contributed by atoms with van der Waals surface area (Å²) in [6.45, 7) is 2.79. The second-order valence-electron chi connectivity index (χ2n) is 4.23. The number of non-ortho nitro benzene ring substituents is 1. The van der Waals surface area contributed by atoms with E-state index in [1.807, 2.05) is 6.07 Å². The Morgan fingerprint density at radius 1 is 1.58 bits per heavy atom. The number of carbonyl (C=O) groups is 1. The highest BCUT2D eigenvalue weighted by Crippen LogP contribution is 2.27. The van der Waals surface area contributed by atoms with Crippen molar-refractivity contribution in [2.24, 2.45) is 0 Å². The first-order chi connectivity index (χ1) is 9.04. The zero-order valence-corrected chi connectivity index (χ0v) is 10.3. The average Bonchev–Trinajstić information content (AvgIpc) is 2.41. The van der Waals surface area contributed by atoms with Gasteiger partial charge in [-0.1, -0.05) is 0 Å². The van der Waals surface area contributed by atoms with Crippen molar-refractivity contribution in [3.8, 4) is 6.07 Å². The number of nitro groups is 1. The van der Waals surface area contributed by atoms with Crippen LogP contribution in [0.15, 0.2) is 18.2 Å². The van der Waals surface area contributed by atoms with Crippen molar-refractivity contribution in [2.45, 2.75) is 13.0 Å². The lowest BCUT2D eigenvalue weighted by atomic mass is 10.1. The van der Waals surface area contributed by atoms with Crippen molar-refractivity contribution in [3.05, 3.63) is 33.9 Å². The fourth-order valence-electron chi connectivity index (χ4n) is 2.09. The normalized spacial score (nSPS) is 18.6. The minimum atomic E-state index is -0.545. The van der Waals surface area contributed by atoms with E-state index in [9.17, 15) is 14.9 Å². The van der Waals surface area contributed by atoms with Gasteiger partial charge >= 0.3 is 0 Å². The summed E-state index contributed by atoms with van der Waals surface area (Å²) in [5, 5.41) is 22.5. The van der Waals surface area contributed by atoms with Crippen molar-refractivity contribution < 1.29 is 9.72 Å². The Labute approximate surface area is 109 Å². The molecule has 1 atom stereocenters. The number of nitrogens with one attached hydrogen (secondary N) is 1. The third-order valence-corrected chi connectivity index (χ3v) is 3.12. The highest BCUT2D eigenvalue weighted by Gasteiger charge is 2.27. The molecule has 2 rings (SSSR count). The number of amides is 1. The molecule has 0 aliphatic carbocycles. The maximum absolute atomic E-state index is 11.6. The Hall–Kier alpha value is -2.62. The summed E-state index contributed by atoms with van der Waals surface area (Å²) in [7, 11) is 0. The SMILES string of the molecule is CC1C(=O)NCCN1c1ccc([N+](=O)[O-])cc1C#N. The van der Waals surface area contributed by atoms with Gasteiger partial charge in [-0.2, -0.15) is 5.26 Å². The Balaban J connectivity index is 2.42. The average molecular weight is 260 g/mol. The van der Waals surface area contributed by atoms with Gasteiger partial charge in [-0.3, -0.25) is 14.9 Å². The third kappa shape index (κ3) is 2.33. The van der Waals surface area contributed by atoms with Crippen LogP contribution in [0.3, 0.4) is 0 Å². The molecule has 0 radical (unpaired) electrons. The quantitative estimate of drug-likeness (QED) is 0.626. The Kier molecular flexibility index (Phi) is 3.33. The molecular weight excluding hydrogens is 248 g/mol. The van der Waals surface area contributed by atoms with Crippen LogP contribution in [0.2, 0.25) is 0 Å². The molecule has 1 fully saturated rings. The highest BCUT2D eigenvalue weighted by molar-refractivity contribution is 5.86. The van der Waals surface area contributed by atoms with Crippen LogP contribution in [0.5, 0.6) is 0 Å². The summed E-state index contributed by atoms with van der Waals surface area (Å²) >= 11 is 0. The maximum Gasteiger partial charge on any atom is 0.270 e. The van der Waals surface area contributed by atoms with E-state index >= 15 is 0 Å². The Bertz CT molecular complexity index is 579. The van der Waals surface area contributed by atoms with Crippen LogP contribution in [0.4, 0.5) is 11.4 Å². The number of anilines is 1. The number of hydrogen-bond acceptors (Lipinski definition) is 5. The molecule has 7 heteroatoms. The van der Waals surface area contributed by atoms with Crippen molar-refractivity contribution in [2.75, 3.05) is 18.0 Å². The van der Waals surface area contributed by atoms with E-state index < -0.39 is 11.0 Å². The number of piperazine rings is 1. The van der Waals surface area contributed by atoms with Crippen molar-refractivity contribution >= 4 is 17.3 Å². The molecule has 1 amide bonds. The molecule has 1 aromatic carbocycles. The molecule has 1 N–H and O–H groups in total. The predicted octanol–water partition coefficient (Wildman–Crippen LogP) is 0.791. The van der Waals surface area contributed by atoms with E-state index in [-0.39, 0.29) is 17.2 Å². The van der Waals surface area contributed by atoms with Crippen LogP contribution >= 0.6 is 0 Å². The van der Waals surface area contributed by atoms with E-state index in [4.69, 9.17) is 5.26 Å². The first kappa shape index (κ1) is 12.8. The minimum absolute atomic E-state index is 0.117. The number of benzene rings is 1. The largest absolute Gasteiger partial charge is 0.357 e. The molecule has 98 valence electrons. The van der Waals surface area contributed by atoms with Crippen molar-refractivity contribution in [3.63, 3.8) is 0 Å².